The van der Waals surface area contributed by atoms with Crippen molar-refractivity contribution in [3.8, 4) is 23.3 Å². The second-order valence-electron chi connectivity index (χ2n) is 6.47. The number of nitriles is 1. The van der Waals surface area contributed by atoms with E-state index in [9.17, 15) is 5.26 Å². The summed E-state index contributed by atoms with van der Waals surface area (Å²) in [6, 6.07) is 19.9. The lowest BCUT2D eigenvalue weighted by Gasteiger charge is -2.28. The molecule has 3 aromatic carbocycles. The van der Waals surface area contributed by atoms with Crippen molar-refractivity contribution in [2.24, 2.45) is 5.73 Å². The van der Waals surface area contributed by atoms with Crippen LogP contribution >= 0.6 is 0 Å². The molecule has 4 rings (SSSR count). The molecule has 0 unspecified atom stereocenters. The van der Waals surface area contributed by atoms with Crippen LogP contribution in [0.3, 0.4) is 0 Å². The van der Waals surface area contributed by atoms with Gasteiger partial charge in [0, 0.05) is 5.56 Å². The fourth-order valence-corrected chi connectivity index (χ4v) is 3.71. The summed E-state index contributed by atoms with van der Waals surface area (Å²) in [6.07, 6.45) is 0. The molecular weight excluding hydrogens is 352 g/mol. The summed E-state index contributed by atoms with van der Waals surface area (Å²) < 4.78 is 16.9. The highest BCUT2D eigenvalue weighted by Gasteiger charge is 2.32. The number of benzene rings is 3. The number of hydrogen-bond acceptors (Lipinski definition) is 5. The zero-order valence-electron chi connectivity index (χ0n) is 15.7. The van der Waals surface area contributed by atoms with Crippen molar-refractivity contribution in [2.45, 2.75) is 12.8 Å². The predicted octanol–water partition coefficient (Wildman–Crippen LogP) is 4.47. The van der Waals surface area contributed by atoms with Gasteiger partial charge in [0.25, 0.3) is 0 Å². The highest BCUT2D eigenvalue weighted by Crippen LogP contribution is 2.46. The predicted molar refractivity (Wildman–Crippen MR) is 107 cm³/mol. The first-order valence-electron chi connectivity index (χ1n) is 9.07. The van der Waals surface area contributed by atoms with E-state index >= 15 is 0 Å². The normalized spacial score (nSPS) is 15.5. The molecule has 0 aromatic heterocycles. The Bertz CT molecular complexity index is 1130. The first-order chi connectivity index (χ1) is 13.7. The summed E-state index contributed by atoms with van der Waals surface area (Å²) in [5.41, 5.74) is 8.30. The molecule has 0 saturated carbocycles. The van der Waals surface area contributed by atoms with Crippen LogP contribution in [0.1, 0.15) is 24.0 Å². The summed E-state index contributed by atoms with van der Waals surface area (Å²) in [4.78, 5) is 0. The van der Waals surface area contributed by atoms with Crippen LogP contribution in [-0.2, 0) is 0 Å². The number of fused-ring (bicyclic) bond motifs is 3. The molecule has 0 fully saturated rings. The summed E-state index contributed by atoms with van der Waals surface area (Å²) >= 11 is 0. The van der Waals surface area contributed by atoms with Crippen molar-refractivity contribution in [2.75, 3.05) is 13.7 Å². The Balaban J connectivity index is 1.98. The van der Waals surface area contributed by atoms with Crippen molar-refractivity contribution >= 4 is 10.8 Å². The van der Waals surface area contributed by atoms with Crippen LogP contribution < -0.4 is 19.9 Å². The SMILES string of the molecule is CCOc1ccc([C@H]2C(C#N)=C(N)Oc3ccc4ccccc4c32)cc1OC. The van der Waals surface area contributed by atoms with Gasteiger partial charge in [0.05, 0.1) is 19.6 Å². The third-order valence-corrected chi connectivity index (χ3v) is 4.93. The number of nitrogens with two attached hydrogens (primary N) is 1. The lowest BCUT2D eigenvalue weighted by Crippen LogP contribution is -2.21. The molecule has 0 bridgehead atoms. The molecule has 28 heavy (non-hydrogen) atoms. The van der Waals surface area contributed by atoms with Crippen LogP contribution in [-0.4, -0.2) is 13.7 Å². The van der Waals surface area contributed by atoms with E-state index in [1.165, 1.54) is 0 Å². The highest BCUT2D eigenvalue weighted by atomic mass is 16.5. The maximum Gasteiger partial charge on any atom is 0.205 e. The van der Waals surface area contributed by atoms with Crippen LogP contribution in [0.2, 0.25) is 0 Å². The molecule has 0 radical (unpaired) electrons. The van der Waals surface area contributed by atoms with Gasteiger partial charge < -0.3 is 19.9 Å². The molecular formula is C23H20N2O3. The van der Waals surface area contributed by atoms with E-state index in [1.807, 2.05) is 61.5 Å². The third kappa shape index (κ3) is 2.80. The minimum atomic E-state index is -0.357. The molecule has 1 atom stereocenters. The van der Waals surface area contributed by atoms with Crippen LogP contribution in [0.25, 0.3) is 10.8 Å². The van der Waals surface area contributed by atoms with Crippen molar-refractivity contribution in [3.63, 3.8) is 0 Å². The number of rotatable bonds is 4. The largest absolute Gasteiger partial charge is 0.493 e. The first kappa shape index (κ1) is 17.7. The summed E-state index contributed by atoms with van der Waals surface area (Å²) in [7, 11) is 1.60. The quantitative estimate of drug-likeness (QED) is 0.731. The van der Waals surface area contributed by atoms with Crippen LogP contribution in [0.4, 0.5) is 0 Å². The fourth-order valence-electron chi connectivity index (χ4n) is 3.71. The zero-order valence-corrected chi connectivity index (χ0v) is 15.7. The van der Waals surface area contributed by atoms with E-state index in [4.69, 9.17) is 19.9 Å². The topological polar surface area (TPSA) is 77.5 Å². The Morgan fingerprint density at radius 3 is 2.68 bits per heavy atom. The number of ether oxygens (including phenoxy) is 3. The van der Waals surface area contributed by atoms with E-state index in [1.54, 1.807) is 7.11 Å². The highest BCUT2D eigenvalue weighted by molar-refractivity contribution is 5.90. The van der Waals surface area contributed by atoms with E-state index in [0.717, 1.165) is 21.9 Å². The monoisotopic (exact) mass is 372 g/mol. The molecule has 140 valence electrons. The standard InChI is InChI=1S/C23H20N2O3/c1-3-27-18-10-9-15(12-20(18)26-2)21-17(13-24)23(25)28-19-11-8-14-6-4-5-7-16(14)22(19)21/h4-12,21H,3,25H2,1-2H3/t21-/m0/s1. The summed E-state index contributed by atoms with van der Waals surface area (Å²) in [5.74, 6) is 1.71. The number of nitrogens with zero attached hydrogens (tertiary/aromatic N) is 1. The summed E-state index contributed by atoms with van der Waals surface area (Å²) in [6.45, 7) is 2.46. The van der Waals surface area contributed by atoms with E-state index < -0.39 is 0 Å². The second-order valence-corrected chi connectivity index (χ2v) is 6.47. The molecule has 2 N–H and O–H groups in total. The molecule has 0 saturated heterocycles. The smallest absolute Gasteiger partial charge is 0.205 e. The van der Waals surface area contributed by atoms with Gasteiger partial charge in [-0.05, 0) is 41.5 Å². The van der Waals surface area contributed by atoms with Gasteiger partial charge in [0.2, 0.25) is 5.88 Å². The Hall–Kier alpha value is -3.65. The van der Waals surface area contributed by atoms with Gasteiger partial charge in [-0.2, -0.15) is 5.26 Å². The van der Waals surface area contributed by atoms with Gasteiger partial charge >= 0.3 is 0 Å². The maximum atomic E-state index is 9.83. The molecule has 0 spiro atoms. The second kappa shape index (κ2) is 7.16. The van der Waals surface area contributed by atoms with Crippen molar-refractivity contribution in [3.05, 3.63) is 77.2 Å². The van der Waals surface area contributed by atoms with Crippen molar-refractivity contribution in [1.82, 2.24) is 0 Å². The molecule has 1 aliphatic heterocycles. The number of hydrogen-bond donors (Lipinski definition) is 1. The zero-order chi connectivity index (χ0) is 19.7. The van der Waals surface area contributed by atoms with Crippen LogP contribution in [0.15, 0.2) is 66.1 Å². The Morgan fingerprint density at radius 1 is 1.11 bits per heavy atom. The van der Waals surface area contributed by atoms with Gasteiger partial charge in [-0.25, -0.2) is 0 Å². The Labute approximate surface area is 163 Å². The van der Waals surface area contributed by atoms with Crippen LogP contribution in [0, 0.1) is 11.3 Å². The van der Waals surface area contributed by atoms with Gasteiger partial charge in [0.15, 0.2) is 11.5 Å². The molecule has 0 amide bonds. The Kier molecular flexibility index (Phi) is 4.54. The lowest BCUT2D eigenvalue weighted by atomic mass is 9.81. The average Bonchev–Trinajstić information content (AvgIpc) is 2.73. The van der Waals surface area contributed by atoms with Gasteiger partial charge in [-0.3, -0.25) is 0 Å². The molecule has 1 heterocycles. The molecule has 1 aliphatic rings. The Morgan fingerprint density at radius 2 is 1.93 bits per heavy atom. The van der Waals surface area contributed by atoms with E-state index in [0.29, 0.717) is 29.4 Å². The third-order valence-electron chi connectivity index (χ3n) is 4.93. The van der Waals surface area contributed by atoms with Gasteiger partial charge in [0.1, 0.15) is 17.4 Å². The number of allylic oxidation sites excluding steroid dienone is 1. The number of methoxy groups -OCH3 is 1. The summed E-state index contributed by atoms with van der Waals surface area (Å²) in [5, 5.41) is 11.9. The molecule has 5 nitrogen and oxygen atoms in total. The van der Waals surface area contributed by atoms with E-state index in [-0.39, 0.29) is 11.8 Å². The van der Waals surface area contributed by atoms with Crippen molar-refractivity contribution < 1.29 is 14.2 Å². The molecule has 5 heteroatoms. The van der Waals surface area contributed by atoms with Gasteiger partial charge in [-0.15, -0.1) is 0 Å². The van der Waals surface area contributed by atoms with Crippen molar-refractivity contribution in [1.29, 1.82) is 5.26 Å². The lowest BCUT2D eigenvalue weighted by molar-refractivity contribution is 0.310. The minimum absolute atomic E-state index is 0.128. The minimum Gasteiger partial charge on any atom is -0.493 e. The fraction of sp³-hybridized carbons (Fsp3) is 0.174. The van der Waals surface area contributed by atoms with E-state index in [2.05, 4.69) is 6.07 Å². The molecule has 3 aromatic rings. The maximum absolute atomic E-state index is 9.83. The molecule has 0 aliphatic carbocycles. The van der Waals surface area contributed by atoms with Gasteiger partial charge in [-0.1, -0.05) is 36.4 Å². The van der Waals surface area contributed by atoms with Crippen LogP contribution in [0.5, 0.6) is 17.2 Å². The first-order valence-corrected chi connectivity index (χ1v) is 9.07. The average molecular weight is 372 g/mol.